The highest BCUT2D eigenvalue weighted by Crippen LogP contribution is 2.39. The lowest BCUT2D eigenvalue weighted by atomic mass is 10.1. The van der Waals surface area contributed by atoms with Crippen LogP contribution < -0.4 is 20.4 Å². The third kappa shape index (κ3) is 3.33. The second-order valence-corrected chi connectivity index (χ2v) is 8.27. The molecule has 6 rings (SSSR count). The molecule has 5 heterocycles. The minimum Gasteiger partial charge on any atom is -0.444 e. The molecule has 10 heteroatoms. The van der Waals surface area contributed by atoms with Crippen LogP contribution in [-0.4, -0.2) is 52.1 Å². The molecule has 3 amide bonds. The average Bonchev–Trinajstić information content (AvgIpc) is 3.27. The number of aromatic nitrogens is 3. The summed E-state index contributed by atoms with van der Waals surface area (Å²) in [5.74, 6) is 1.29. The Morgan fingerprint density at radius 1 is 1.16 bits per heavy atom. The second-order valence-electron chi connectivity index (χ2n) is 8.27. The van der Waals surface area contributed by atoms with Gasteiger partial charge in [0.25, 0.3) is 5.91 Å². The van der Waals surface area contributed by atoms with Gasteiger partial charge in [0.1, 0.15) is 11.5 Å². The monoisotopic (exact) mass is 431 g/mol. The van der Waals surface area contributed by atoms with E-state index < -0.39 is 0 Å². The van der Waals surface area contributed by atoms with Gasteiger partial charge in [-0.25, -0.2) is 19.7 Å². The molecule has 1 atom stereocenters. The predicted octanol–water partition coefficient (Wildman–Crippen LogP) is 2.65. The van der Waals surface area contributed by atoms with E-state index in [1.165, 1.54) is 6.39 Å². The van der Waals surface area contributed by atoms with Crippen molar-refractivity contribution in [1.82, 2.24) is 20.3 Å². The molecule has 2 bridgehead atoms. The zero-order chi connectivity index (χ0) is 21.7. The van der Waals surface area contributed by atoms with Gasteiger partial charge in [-0.05, 0) is 43.5 Å². The van der Waals surface area contributed by atoms with Crippen LogP contribution in [0.2, 0.25) is 0 Å². The number of nitrogens with zero attached hydrogens (tertiary/aromatic N) is 5. The lowest BCUT2D eigenvalue weighted by Gasteiger charge is -2.35. The molecular formula is C22H21N7O3. The number of rotatable bonds is 4. The Kier molecular flexibility index (Phi) is 4.30. The topological polar surface area (TPSA) is 116 Å². The van der Waals surface area contributed by atoms with Crippen LogP contribution >= 0.6 is 0 Å². The van der Waals surface area contributed by atoms with Gasteiger partial charge in [-0.15, -0.1) is 0 Å². The smallest absolute Gasteiger partial charge is 0.329 e. The van der Waals surface area contributed by atoms with E-state index in [0.29, 0.717) is 23.1 Å². The molecule has 0 unspecified atom stereocenters. The minimum atomic E-state index is -0.327. The van der Waals surface area contributed by atoms with Crippen molar-refractivity contribution >= 4 is 29.3 Å². The molecule has 0 aromatic carbocycles. The Labute approximate surface area is 183 Å². The number of oxazole rings is 1. The first-order valence-electron chi connectivity index (χ1n) is 10.7. The second kappa shape index (κ2) is 7.33. The first-order chi connectivity index (χ1) is 15.7. The van der Waals surface area contributed by atoms with Crippen molar-refractivity contribution in [1.29, 1.82) is 0 Å². The summed E-state index contributed by atoms with van der Waals surface area (Å²) in [5.41, 5.74) is 1.94. The fourth-order valence-corrected chi connectivity index (χ4v) is 4.27. The van der Waals surface area contributed by atoms with Gasteiger partial charge in [0.15, 0.2) is 18.0 Å². The molecule has 10 nitrogen and oxygen atoms in total. The summed E-state index contributed by atoms with van der Waals surface area (Å²) in [5, 5.41) is 5.84. The van der Waals surface area contributed by atoms with E-state index in [9.17, 15) is 9.59 Å². The molecule has 0 spiro atoms. The van der Waals surface area contributed by atoms with Gasteiger partial charge in [-0.1, -0.05) is 0 Å². The average molecular weight is 431 g/mol. The number of carbonyl (C=O) groups is 2. The van der Waals surface area contributed by atoms with E-state index in [1.807, 2.05) is 6.07 Å². The largest absolute Gasteiger partial charge is 0.444 e. The highest BCUT2D eigenvalue weighted by molar-refractivity contribution is 6.05. The zero-order valence-corrected chi connectivity index (χ0v) is 17.2. The van der Waals surface area contributed by atoms with Gasteiger partial charge in [0, 0.05) is 30.9 Å². The third-order valence-corrected chi connectivity index (χ3v) is 6.03. The fraction of sp³-hybridized carbons (Fsp3) is 0.318. The van der Waals surface area contributed by atoms with Crippen LogP contribution in [0.3, 0.4) is 0 Å². The number of anilines is 3. The number of fused-ring (bicyclic) bond motifs is 4. The highest BCUT2D eigenvalue weighted by atomic mass is 16.3. The summed E-state index contributed by atoms with van der Waals surface area (Å²) in [6.45, 7) is 1.58. The lowest BCUT2D eigenvalue weighted by Crippen LogP contribution is -2.48. The van der Waals surface area contributed by atoms with Crippen LogP contribution in [0.5, 0.6) is 0 Å². The molecule has 0 radical (unpaired) electrons. The maximum atomic E-state index is 13.4. The Hall–Kier alpha value is -3.95. The number of amides is 3. The summed E-state index contributed by atoms with van der Waals surface area (Å²) in [7, 11) is 0. The molecule has 3 aromatic rings. The molecule has 3 aliphatic rings. The van der Waals surface area contributed by atoms with Crippen LogP contribution in [-0.2, 0) is 0 Å². The summed E-state index contributed by atoms with van der Waals surface area (Å²) in [4.78, 5) is 42.6. The minimum absolute atomic E-state index is 0.0193. The standard InChI is InChI=1S/C22H21N7O3/c30-21(25-14-1-2-14)16-3-4-17-20(26-16)29(15-6-8-28(17)11-15)22(31)27-19-9-13(5-7-24-19)18-10-23-12-32-18/h3-5,7,9-10,12,14-15H,1-2,6,8,11H2,(H,25,30)(H,24,27,31)/t15-/m0/s1. The number of hydrogen-bond donors (Lipinski definition) is 2. The molecule has 1 aliphatic carbocycles. The van der Waals surface area contributed by atoms with Crippen molar-refractivity contribution in [3.63, 3.8) is 0 Å². The number of hydrogen-bond acceptors (Lipinski definition) is 7. The molecular weight excluding hydrogens is 410 g/mol. The third-order valence-electron chi connectivity index (χ3n) is 6.03. The van der Waals surface area contributed by atoms with Crippen molar-refractivity contribution in [3.8, 4) is 11.3 Å². The van der Waals surface area contributed by atoms with Crippen LogP contribution in [0.15, 0.2) is 47.5 Å². The van der Waals surface area contributed by atoms with E-state index in [4.69, 9.17) is 4.42 Å². The lowest BCUT2D eigenvalue weighted by molar-refractivity contribution is 0.0946. The summed E-state index contributed by atoms with van der Waals surface area (Å²) in [6.07, 6.45) is 7.40. The van der Waals surface area contributed by atoms with Crippen LogP contribution in [0.4, 0.5) is 22.1 Å². The summed E-state index contributed by atoms with van der Waals surface area (Å²) >= 11 is 0. The maximum Gasteiger partial charge on any atom is 0.329 e. The number of urea groups is 1. The van der Waals surface area contributed by atoms with Crippen LogP contribution in [0, 0.1) is 0 Å². The van der Waals surface area contributed by atoms with Gasteiger partial charge < -0.3 is 14.6 Å². The van der Waals surface area contributed by atoms with Crippen molar-refractivity contribution in [3.05, 3.63) is 48.7 Å². The van der Waals surface area contributed by atoms with Gasteiger partial charge in [0.2, 0.25) is 0 Å². The number of nitrogens with one attached hydrogen (secondary N) is 2. The van der Waals surface area contributed by atoms with Gasteiger partial charge in [-0.3, -0.25) is 15.0 Å². The Morgan fingerprint density at radius 3 is 2.88 bits per heavy atom. The molecule has 2 N–H and O–H groups in total. The molecule has 2 fully saturated rings. The van der Waals surface area contributed by atoms with Crippen molar-refractivity contribution in [2.75, 3.05) is 28.2 Å². The van der Waals surface area contributed by atoms with E-state index in [2.05, 4.69) is 30.5 Å². The Bertz CT molecular complexity index is 1190. The highest BCUT2D eigenvalue weighted by Gasteiger charge is 2.40. The molecule has 3 aromatic heterocycles. The molecule has 1 saturated heterocycles. The fourth-order valence-electron chi connectivity index (χ4n) is 4.27. The van der Waals surface area contributed by atoms with Gasteiger partial charge in [0.05, 0.1) is 17.9 Å². The molecule has 32 heavy (non-hydrogen) atoms. The van der Waals surface area contributed by atoms with Crippen molar-refractivity contribution < 1.29 is 14.0 Å². The van der Waals surface area contributed by atoms with Gasteiger partial charge >= 0.3 is 6.03 Å². The number of carbonyl (C=O) groups excluding carboxylic acids is 2. The Morgan fingerprint density at radius 2 is 2.06 bits per heavy atom. The normalized spacial score (nSPS) is 18.9. The quantitative estimate of drug-likeness (QED) is 0.652. The Balaban J connectivity index is 1.29. The predicted molar refractivity (Wildman–Crippen MR) is 117 cm³/mol. The molecule has 1 saturated carbocycles. The van der Waals surface area contributed by atoms with Crippen LogP contribution in [0.25, 0.3) is 11.3 Å². The van der Waals surface area contributed by atoms with E-state index in [1.54, 1.807) is 35.5 Å². The van der Waals surface area contributed by atoms with E-state index in [0.717, 1.165) is 43.6 Å². The van der Waals surface area contributed by atoms with E-state index >= 15 is 0 Å². The zero-order valence-electron chi connectivity index (χ0n) is 17.2. The SMILES string of the molecule is O=C(NC1CC1)c1ccc2c(n1)N(C(=O)Nc1cc(-c3cnco3)ccn1)[C@H]1CCN2C1. The van der Waals surface area contributed by atoms with Crippen LogP contribution in [0.1, 0.15) is 29.8 Å². The van der Waals surface area contributed by atoms with Crippen molar-refractivity contribution in [2.24, 2.45) is 0 Å². The summed E-state index contributed by atoms with van der Waals surface area (Å²) in [6, 6.07) is 7.02. The van der Waals surface area contributed by atoms with E-state index in [-0.39, 0.29) is 24.0 Å². The molecule has 2 aliphatic heterocycles. The summed E-state index contributed by atoms with van der Waals surface area (Å²) < 4.78 is 5.33. The first kappa shape index (κ1) is 18.8. The number of pyridine rings is 2. The molecule has 162 valence electrons. The van der Waals surface area contributed by atoms with Crippen molar-refractivity contribution in [2.45, 2.75) is 31.3 Å². The van der Waals surface area contributed by atoms with Gasteiger partial charge in [-0.2, -0.15) is 0 Å². The maximum absolute atomic E-state index is 13.4. The first-order valence-corrected chi connectivity index (χ1v) is 10.7.